The number of rotatable bonds is 16. The van der Waals surface area contributed by atoms with Gasteiger partial charge in [0.2, 0.25) is 0 Å². The van der Waals surface area contributed by atoms with Crippen LogP contribution >= 0.6 is 0 Å². The van der Waals surface area contributed by atoms with Gasteiger partial charge in [-0.05, 0) is 12.8 Å². The van der Waals surface area contributed by atoms with E-state index in [1.54, 1.807) is 12.4 Å². The van der Waals surface area contributed by atoms with Crippen molar-refractivity contribution >= 4 is 11.9 Å². The van der Waals surface area contributed by atoms with Crippen LogP contribution in [-0.2, 0) is 31.9 Å². The fourth-order valence-electron chi connectivity index (χ4n) is 2.67. The summed E-state index contributed by atoms with van der Waals surface area (Å²) in [7, 11) is 0. The minimum Gasteiger partial charge on any atom is -0.466 e. The van der Waals surface area contributed by atoms with Crippen LogP contribution in [0.15, 0.2) is 12.4 Å². The van der Waals surface area contributed by atoms with Crippen molar-refractivity contribution in [3.05, 3.63) is 23.8 Å². The molecule has 0 bridgehead atoms. The Hall–Kier alpha value is -1.98. The number of carbonyl (C=O) groups is 2. The van der Waals surface area contributed by atoms with Gasteiger partial charge in [-0.3, -0.25) is 19.6 Å². The predicted molar refractivity (Wildman–Crippen MR) is 109 cm³/mol. The largest absolute Gasteiger partial charge is 0.466 e. The van der Waals surface area contributed by atoms with Crippen molar-refractivity contribution in [1.82, 2.24) is 9.97 Å². The standard InChI is InChI=1S/C22H36N2O4/c1-3-5-7-9-15-27-21(25)13-11-19-17-24-20(18-23-19)12-14-22(26)28-16-10-8-6-4-2/h17-18H,3-16H2,1-2H3. The lowest BCUT2D eigenvalue weighted by atomic mass is 10.2. The van der Waals surface area contributed by atoms with Crippen LogP contribution in [0.5, 0.6) is 0 Å². The van der Waals surface area contributed by atoms with E-state index in [0.29, 0.717) is 38.9 Å². The van der Waals surface area contributed by atoms with Gasteiger partial charge in [0.05, 0.1) is 37.4 Å². The normalized spacial score (nSPS) is 10.6. The van der Waals surface area contributed by atoms with E-state index in [-0.39, 0.29) is 11.9 Å². The molecule has 1 rings (SSSR count). The number of hydrogen-bond acceptors (Lipinski definition) is 6. The van der Waals surface area contributed by atoms with Crippen molar-refractivity contribution in [2.45, 2.75) is 90.9 Å². The first-order valence-electron chi connectivity index (χ1n) is 10.8. The fourth-order valence-corrected chi connectivity index (χ4v) is 2.67. The zero-order valence-electron chi connectivity index (χ0n) is 17.6. The second-order valence-corrected chi connectivity index (χ2v) is 7.06. The first-order chi connectivity index (χ1) is 13.7. The molecule has 0 amide bonds. The zero-order chi connectivity index (χ0) is 20.5. The molecule has 1 aromatic heterocycles. The SMILES string of the molecule is CCCCCCOC(=O)CCc1cnc(CCC(=O)OCCCCCC)cn1. The lowest BCUT2D eigenvalue weighted by Crippen LogP contribution is -2.09. The molecule has 0 aromatic carbocycles. The molecule has 0 radical (unpaired) electrons. The lowest BCUT2D eigenvalue weighted by molar-refractivity contribution is -0.144. The molecule has 0 fully saturated rings. The molecule has 0 aliphatic heterocycles. The first-order valence-corrected chi connectivity index (χ1v) is 10.8. The van der Waals surface area contributed by atoms with Crippen molar-refractivity contribution in [2.75, 3.05) is 13.2 Å². The summed E-state index contributed by atoms with van der Waals surface area (Å²) in [6.07, 6.45) is 13.7. The van der Waals surface area contributed by atoms with Gasteiger partial charge in [0.1, 0.15) is 0 Å². The number of aryl methyl sites for hydroxylation is 2. The fraction of sp³-hybridized carbons (Fsp3) is 0.727. The van der Waals surface area contributed by atoms with Crippen molar-refractivity contribution < 1.29 is 19.1 Å². The van der Waals surface area contributed by atoms with Gasteiger partial charge in [-0.25, -0.2) is 0 Å². The van der Waals surface area contributed by atoms with Gasteiger partial charge in [-0.2, -0.15) is 0 Å². The molecule has 0 aliphatic rings. The average molecular weight is 393 g/mol. The van der Waals surface area contributed by atoms with Crippen LogP contribution in [0.4, 0.5) is 0 Å². The molecule has 28 heavy (non-hydrogen) atoms. The highest BCUT2D eigenvalue weighted by Crippen LogP contribution is 2.05. The summed E-state index contributed by atoms with van der Waals surface area (Å²) >= 11 is 0. The molecule has 0 saturated carbocycles. The second-order valence-electron chi connectivity index (χ2n) is 7.06. The Labute approximate surface area is 169 Å². The van der Waals surface area contributed by atoms with Crippen molar-refractivity contribution in [1.29, 1.82) is 0 Å². The zero-order valence-corrected chi connectivity index (χ0v) is 17.6. The molecule has 0 saturated heterocycles. The third-order valence-corrected chi connectivity index (χ3v) is 4.45. The molecular formula is C22H36N2O4. The minimum atomic E-state index is -0.191. The number of aromatic nitrogens is 2. The summed E-state index contributed by atoms with van der Waals surface area (Å²) in [5, 5.41) is 0. The topological polar surface area (TPSA) is 78.4 Å². The molecule has 1 aromatic rings. The number of carbonyl (C=O) groups excluding carboxylic acids is 2. The van der Waals surface area contributed by atoms with Crippen LogP contribution in [0.25, 0.3) is 0 Å². The second kappa shape index (κ2) is 16.0. The van der Waals surface area contributed by atoms with Crippen LogP contribution in [0.3, 0.4) is 0 Å². The summed E-state index contributed by atoms with van der Waals surface area (Å²) in [5.74, 6) is -0.381. The summed E-state index contributed by atoms with van der Waals surface area (Å²) in [5.41, 5.74) is 1.51. The molecule has 158 valence electrons. The molecule has 6 heteroatoms. The quantitative estimate of drug-likeness (QED) is 0.302. The highest BCUT2D eigenvalue weighted by Gasteiger charge is 2.07. The number of ether oxygens (including phenoxy) is 2. The monoisotopic (exact) mass is 392 g/mol. The Morgan fingerprint density at radius 3 is 1.50 bits per heavy atom. The molecule has 6 nitrogen and oxygen atoms in total. The van der Waals surface area contributed by atoms with E-state index >= 15 is 0 Å². The van der Waals surface area contributed by atoms with E-state index in [0.717, 1.165) is 37.1 Å². The Kier molecular flexibility index (Phi) is 13.8. The summed E-state index contributed by atoms with van der Waals surface area (Å²) < 4.78 is 10.4. The molecule has 0 unspecified atom stereocenters. The van der Waals surface area contributed by atoms with Crippen molar-refractivity contribution in [2.24, 2.45) is 0 Å². The number of esters is 2. The summed E-state index contributed by atoms with van der Waals surface area (Å²) in [6.45, 7) is 5.30. The van der Waals surface area contributed by atoms with E-state index < -0.39 is 0 Å². The highest BCUT2D eigenvalue weighted by molar-refractivity contribution is 5.70. The van der Waals surface area contributed by atoms with Gasteiger partial charge in [-0.15, -0.1) is 0 Å². The van der Waals surface area contributed by atoms with Gasteiger partial charge in [-0.1, -0.05) is 52.4 Å². The van der Waals surface area contributed by atoms with E-state index in [1.165, 1.54) is 25.7 Å². The van der Waals surface area contributed by atoms with Crippen molar-refractivity contribution in [3.63, 3.8) is 0 Å². The molecule has 0 spiro atoms. The van der Waals surface area contributed by atoms with Gasteiger partial charge in [0.15, 0.2) is 0 Å². The summed E-state index contributed by atoms with van der Waals surface area (Å²) in [4.78, 5) is 32.1. The van der Waals surface area contributed by atoms with Crippen molar-refractivity contribution in [3.8, 4) is 0 Å². The predicted octanol–water partition coefficient (Wildman–Crippen LogP) is 4.59. The average Bonchev–Trinajstić information content (AvgIpc) is 2.71. The van der Waals surface area contributed by atoms with Gasteiger partial charge < -0.3 is 9.47 Å². The lowest BCUT2D eigenvalue weighted by Gasteiger charge is -2.06. The van der Waals surface area contributed by atoms with E-state index in [2.05, 4.69) is 23.8 Å². The van der Waals surface area contributed by atoms with Gasteiger partial charge >= 0.3 is 11.9 Å². The third-order valence-electron chi connectivity index (χ3n) is 4.45. The Morgan fingerprint density at radius 1 is 0.714 bits per heavy atom. The third kappa shape index (κ3) is 12.4. The van der Waals surface area contributed by atoms with E-state index in [9.17, 15) is 9.59 Å². The maximum absolute atomic E-state index is 11.7. The first kappa shape index (κ1) is 24.1. The maximum atomic E-state index is 11.7. The molecular weight excluding hydrogens is 356 g/mol. The smallest absolute Gasteiger partial charge is 0.306 e. The number of nitrogens with zero attached hydrogens (tertiary/aromatic N) is 2. The maximum Gasteiger partial charge on any atom is 0.306 e. The summed E-state index contributed by atoms with van der Waals surface area (Å²) in [6, 6.07) is 0. The Balaban J connectivity index is 2.15. The van der Waals surface area contributed by atoms with Crippen LogP contribution in [-0.4, -0.2) is 35.1 Å². The van der Waals surface area contributed by atoms with Crippen LogP contribution in [0, 0.1) is 0 Å². The molecule has 0 N–H and O–H groups in total. The molecule has 0 atom stereocenters. The number of unbranched alkanes of at least 4 members (excludes halogenated alkanes) is 6. The number of hydrogen-bond donors (Lipinski definition) is 0. The van der Waals surface area contributed by atoms with E-state index in [4.69, 9.17) is 9.47 Å². The minimum absolute atomic E-state index is 0.191. The highest BCUT2D eigenvalue weighted by atomic mass is 16.5. The van der Waals surface area contributed by atoms with E-state index in [1.807, 2.05) is 0 Å². The van der Waals surface area contributed by atoms with Crippen LogP contribution in [0.2, 0.25) is 0 Å². The van der Waals surface area contributed by atoms with Gasteiger partial charge in [0.25, 0.3) is 0 Å². The molecule has 1 heterocycles. The Bertz CT molecular complexity index is 497. The van der Waals surface area contributed by atoms with Crippen LogP contribution < -0.4 is 0 Å². The molecule has 0 aliphatic carbocycles. The van der Waals surface area contributed by atoms with Gasteiger partial charge in [0, 0.05) is 25.2 Å². The van der Waals surface area contributed by atoms with Crippen LogP contribution in [0.1, 0.15) is 89.4 Å². The Morgan fingerprint density at radius 2 is 1.14 bits per heavy atom.